The van der Waals surface area contributed by atoms with Crippen LogP contribution in [0.1, 0.15) is 0 Å². The molecule has 0 bridgehead atoms. The van der Waals surface area contributed by atoms with Gasteiger partial charge in [0.05, 0.1) is 0 Å². The Bertz CT molecular complexity index is 116. The number of alkyl halides is 2. The van der Waals surface area contributed by atoms with Crippen LogP contribution in [0.2, 0.25) is 0 Å². The van der Waals surface area contributed by atoms with Crippen LogP contribution in [0.4, 0.5) is 8.78 Å². The average molecular weight is 141 g/mol. The highest BCUT2D eigenvalue weighted by Crippen LogP contribution is 2.11. The van der Waals surface area contributed by atoms with Crippen LogP contribution in [0.25, 0.3) is 0 Å². The first-order valence-corrected chi connectivity index (χ1v) is 1.93. The zero-order chi connectivity index (χ0) is 7.49. The van der Waals surface area contributed by atoms with Gasteiger partial charge in [-0.3, -0.25) is 4.84 Å². The highest BCUT2D eigenvalue weighted by Gasteiger charge is 2.38. The average Bonchev–Trinajstić information content (AvgIpc) is 1.65. The lowest BCUT2D eigenvalue weighted by atomic mass is 10.4. The van der Waals surface area contributed by atoms with Gasteiger partial charge in [0.15, 0.2) is 0 Å². The lowest BCUT2D eigenvalue weighted by Crippen LogP contribution is -2.34. The van der Waals surface area contributed by atoms with Crippen molar-refractivity contribution in [3.05, 3.63) is 0 Å². The van der Waals surface area contributed by atoms with Crippen molar-refractivity contribution in [1.82, 2.24) is 0 Å². The first-order chi connectivity index (χ1) is 4.00. The van der Waals surface area contributed by atoms with E-state index in [4.69, 9.17) is 5.11 Å². The summed E-state index contributed by atoms with van der Waals surface area (Å²) in [5.74, 6) is -1.91. The second-order valence-corrected chi connectivity index (χ2v) is 1.32. The van der Waals surface area contributed by atoms with Crippen LogP contribution in [0.5, 0.6) is 0 Å². The maximum atomic E-state index is 11.7. The number of hydrogen-bond acceptors (Lipinski definition) is 3. The van der Waals surface area contributed by atoms with Crippen molar-refractivity contribution in [1.29, 1.82) is 0 Å². The van der Waals surface area contributed by atoms with Gasteiger partial charge in [0.25, 0.3) is 0 Å². The lowest BCUT2D eigenvalue weighted by Gasteiger charge is -2.06. The molecule has 0 heterocycles. The van der Waals surface area contributed by atoms with Gasteiger partial charge in [0.2, 0.25) is 0 Å². The number of halogens is 2. The van der Waals surface area contributed by atoms with E-state index in [-0.39, 0.29) is 0 Å². The van der Waals surface area contributed by atoms with E-state index in [1.54, 1.807) is 0 Å². The molecule has 0 amide bonds. The Balaban J connectivity index is 3.85. The van der Waals surface area contributed by atoms with Crippen LogP contribution in [0.3, 0.4) is 0 Å². The Kier molecular flexibility index (Phi) is 2.47. The van der Waals surface area contributed by atoms with Crippen LogP contribution in [-0.4, -0.2) is 23.6 Å². The van der Waals surface area contributed by atoms with Gasteiger partial charge in [-0.25, -0.2) is 10.7 Å². The molecule has 0 saturated heterocycles. The van der Waals surface area contributed by atoms with Crippen molar-refractivity contribution in [2.24, 2.45) is 5.90 Å². The smallest absolute Gasteiger partial charge is 0.377 e. The molecule has 0 rings (SSSR count). The summed E-state index contributed by atoms with van der Waals surface area (Å²) < 4.78 is 23.5. The monoisotopic (exact) mass is 141 g/mol. The highest BCUT2D eigenvalue weighted by atomic mass is 19.3. The molecule has 0 aliphatic rings. The Hall–Kier alpha value is -0.750. The molecule has 0 radical (unpaired) electrons. The van der Waals surface area contributed by atoms with Crippen LogP contribution >= 0.6 is 0 Å². The van der Waals surface area contributed by atoms with Gasteiger partial charge in [-0.05, 0) is 0 Å². The third kappa shape index (κ3) is 2.34. The van der Waals surface area contributed by atoms with E-state index in [1.165, 1.54) is 0 Å². The summed E-state index contributed by atoms with van der Waals surface area (Å²) >= 11 is 0. The Morgan fingerprint density at radius 1 is 1.78 bits per heavy atom. The molecule has 0 spiro atoms. The molecule has 3 N–H and O–H groups in total. The predicted octanol–water partition coefficient (Wildman–Crippen LogP) is -0.403. The fraction of sp³-hybridized carbons (Fsp3) is 0.667. The molecule has 0 atom stereocenters. The molecule has 0 aliphatic carbocycles. The summed E-state index contributed by atoms with van der Waals surface area (Å²) in [5, 5.41) is 7.69. The molecule has 0 unspecified atom stereocenters. The summed E-state index contributed by atoms with van der Waals surface area (Å²) in [7, 11) is 0. The molecule has 54 valence electrons. The molecule has 0 saturated carbocycles. The van der Waals surface area contributed by atoms with E-state index in [1.807, 2.05) is 0 Å². The standard InChI is InChI=1S/C3H5F2NO3/c4-3(5,1-9-6)2(7)8/h1,6H2,(H,7,8). The van der Waals surface area contributed by atoms with Crippen LogP contribution < -0.4 is 5.90 Å². The van der Waals surface area contributed by atoms with E-state index in [0.717, 1.165) is 0 Å². The van der Waals surface area contributed by atoms with Crippen molar-refractivity contribution < 1.29 is 23.5 Å². The molecule has 6 heteroatoms. The molecule has 0 aromatic heterocycles. The van der Waals surface area contributed by atoms with E-state index < -0.39 is 18.5 Å². The number of carboxylic acids is 1. The first-order valence-electron chi connectivity index (χ1n) is 1.93. The largest absolute Gasteiger partial charge is 0.477 e. The molecule has 0 aromatic carbocycles. The molecular formula is C3H5F2NO3. The normalized spacial score (nSPS) is 11.4. The predicted molar refractivity (Wildman–Crippen MR) is 22.7 cm³/mol. The summed E-state index contributed by atoms with van der Waals surface area (Å²) in [6, 6.07) is 0. The van der Waals surface area contributed by atoms with Gasteiger partial charge in [-0.2, -0.15) is 8.78 Å². The van der Waals surface area contributed by atoms with Crippen LogP contribution in [0, 0.1) is 0 Å². The molecule has 9 heavy (non-hydrogen) atoms. The topological polar surface area (TPSA) is 72.5 Å². The second-order valence-electron chi connectivity index (χ2n) is 1.32. The summed E-state index contributed by atoms with van der Waals surface area (Å²) in [4.78, 5) is 13.0. The summed E-state index contributed by atoms with van der Waals surface area (Å²) in [6.45, 7) is -1.30. The van der Waals surface area contributed by atoms with Gasteiger partial charge in [-0.1, -0.05) is 0 Å². The molecule has 0 aromatic rings. The fourth-order valence-electron chi connectivity index (χ4n) is 0.166. The minimum absolute atomic E-state index is 1.30. The minimum Gasteiger partial charge on any atom is -0.477 e. The fourth-order valence-corrected chi connectivity index (χ4v) is 0.166. The van der Waals surface area contributed by atoms with Crippen molar-refractivity contribution in [3.8, 4) is 0 Å². The molecule has 0 fully saturated rings. The zero-order valence-corrected chi connectivity index (χ0v) is 4.30. The van der Waals surface area contributed by atoms with E-state index in [2.05, 4.69) is 10.7 Å². The van der Waals surface area contributed by atoms with Gasteiger partial charge in [0.1, 0.15) is 6.61 Å². The maximum Gasteiger partial charge on any atom is 0.377 e. The first kappa shape index (κ1) is 8.25. The molecule has 0 aliphatic heterocycles. The van der Waals surface area contributed by atoms with E-state index in [9.17, 15) is 13.6 Å². The van der Waals surface area contributed by atoms with Crippen LogP contribution in [0.15, 0.2) is 0 Å². The Morgan fingerprint density at radius 2 is 2.22 bits per heavy atom. The summed E-state index contributed by atoms with van der Waals surface area (Å²) in [6.07, 6.45) is 0. The van der Waals surface area contributed by atoms with E-state index >= 15 is 0 Å². The number of nitrogens with two attached hydrogens (primary N) is 1. The highest BCUT2D eigenvalue weighted by molar-refractivity contribution is 5.75. The zero-order valence-electron chi connectivity index (χ0n) is 4.30. The Labute approximate surface area is 49.2 Å². The quantitative estimate of drug-likeness (QED) is 0.524. The summed E-state index contributed by atoms with van der Waals surface area (Å²) in [5.41, 5.74) is 0. The van der Waals surface area contributed by atoms with Gasteiger partial charge < -0.3 is 5.11 Å². The van der Waals surface area contributed by atoms with Crippen molar-refractivity contribution >= 4 is 5.97 Å². The van der Waals surface area contributed by atoms with Gasteiger partial charge in [-0.15, -0.1) is 0 Å². The van der Waals surface area contributed by atoms with Gasteiger partial charge in [0, 0.05) is 0 Å². The van der Waals surface area contributed by atoms with Crippen molar-refractivity contribution in [3.63, 3.8) is 0 Å². The molecular weight excluding hydrogens is 136 g/mol. The van der Waals surface area contributed by atoms with Gasteiger partial charge >= 0.3 is 11.9 Å². The number of rotatable bonds is 3. The third-order valence-corrected chi connectivity index (χ3v) is 0.578. The number of carbonyl (C=O) groups is 1. The lowest BCUT2D eigenvalue weighted by molar-refractivity contribution is -0.173. The van der Waals surface area contributed by atoms with Crippen LogP contribution in [-0.2, 0) is 9.63 Å². The van der Waals surface area contributed by atoms with E-state index in [0.29, 0.717) is 0 Å². The minimum atomic E-state index is -3.88. The second kappa shape index (κ2) is 2.70. The Morgan fingerprint density at radius 3 is 2.33 bits per heavy atom. The van der Waals surface area contributed by atoms with Crippen molar-refractivity contribution in [2.75, 3.05) is 6.61 Å². The van der Waals surface area contributed by atoms with Crippen molar-refractivity contribution in [2.45, 2.75) is 5.92 Å². The molecule has 4 nitrogen and oxygen atoms in total. The SMILES string of the molecule is NOCC(F)(F)C(=O)O. The maximum absolute atomic E-state index is 11.7. The number of aliphatic carboxylic acids is 1. The third-order valence-electron chi connectivity index (χ3n) is 0.578. The number of hydrogen-bond donors (Lipinski definition) is 2. The number of carboxylic acid groups (broad SMARTS) is 1.